The van der Waals surface area contributed by atoms with Crippen LogP contribution in [0.25, 0.3) is 10.9 Å². The molecule has 0 unspecified atom stereocenters. The minimum absolute atomic E-state index is 0.00108. The average Bonchev–Trinajstić information content (AvgIpc) is 2.75. The van der Waals surface area contributed by atoms with Gasteiger partial charge >= 0.3 is 5.69 Å². The van der Waals surface area contributed by atoms with Crippen molar-refractivity contribution in [3.8, 4) is 0 Å². The third-order valence-electron chi connectivity index (χ3n) is 5.03. The van der Waals surface area contributed by atoms with Crippen LogP contribution in [0.3, 0.4) is 0 Å². The third kappa shape index (κ3) is 5.00. The van der Waals surface area contributed by atoms with Gasteiger partial charge in [-0.3, -0.25) is 18.7 Å². The number of nitrogens with one attached hydrogen (secondary N) is 1. The Balaban J connectivity index is 1.88. The van der Waals surface area contributed by atoms with Crippen LogP contribution in [-0.2, 0) is 17.9 Å². The van der Waals surface area contributed by atoms with Crippen molar-refractivity contribution in [2.75, 3.05) is 6.54 Å². The van der Waals surface area contributed by atoms with E-state index in [4.69, 9.17) is 11.6 Å². The highest BCUT2D eigenvalue weighted by molar-refractivity contribution is 6.31. The topological polar surface area (TPSA) is 73.1 Å². The van der Waals surface area contributed by atoms with Gasteiger partial charge in [0.25, 0.3) is 5.56 Å². The highest BCUT2D eigenvalue weighted by Gasteiger charge is 2.14. The van der Waals surface area contributed by atoms with Crippen LogP contribution >= 0.6 is 11.6 Å². The van der Waals surface area contributed by atoms with E-state index in [0.29, 0.717) is 41.7 Å². The van der Waals surface area contributed by atoms with Gasteiger partial charge in [-0.15, -0.1) is 0 Å². The van der Waals surface area contributed by atoms with Gasteiger partial charge in [-0.05, 0) is 43.0 Å². The lowest BCUT2D eigenvalue weighted by Crippen LogP contribution is -2.40. The number of unbranched alkanes of at least 4 members (excludes halogenated alkanes) is 1. The Morgan fingerprint density at radius 2 is 1.73 bits per heavy atom. The van der Waals surface area contributed by atoms with Crippen molar-refractivity contribution < 1.29 is 4.79 Å². The number of nitrogens with zero attached hydrogens (tertiary/aromatic N) is 2. The van der Waals surface area contributed by atoms with Crippen molar-refractivity contribution in [3.63, 3.8) is 0 Å². The monoisotopic (exact) mass is 427 g/mol. The molecule has 3 rings (SSSR count). The van der Waals surface area contributed by atoms with E-state index < -0.39 is 0 Å². The fourth-order valence-corrected chi connectivity index (χ4v) is 3.62. The lowest BCUT2D eigenvalue weighted by Gasteiger charge is -2.15. The van der Waals surface area contributed by atoms with Crippen molar-refractivity contribution >= 4 is 28.4 Å². The van der Waals surface area contributed by atoms with Crippen LogP contribution in [-0.4, -0.2) is 21.6 Å². The maximum Gasteiger partial charge on any atom is 0.331 e. The summed E-state index contributed by atoms with van der Waals surface area (Å²) in [5.74, 6) is -0.00108. The molecule has 158 valence electrons. The molecule has 0 aliphatic carbocycles. The number of benzene rings is 2. The van der Waals surface area contributed by atoms with Gasteiger partial charge in [0.1, 0.15) is 0 Å². The minimum Gasteiger partial charge on any atom is -0.356 e. The molecule has 0 aliphatic rings. The fourth-order valence-electron chi connectivity index (χ4n) is 3.43. The Morgan fingerprint density at radius 1 is 1.00 bits per heavy atom. The predicted molar refractivity (Wildman–Crippen MR) is 120 cm³/mol. The van der Waals surface area contributed by atoms with Gasteiger partial charge in [0.15, 0.2) is 0 Å². The second-order valence-corrected chi connectivity index (χ2v) is 7.65. The van der Waals surface area contributed by atoms with E-state index in [1.165, 1.54) is 4.57 Å². The SMILES string of the molecule is CCCNC(=O)CCCCn1c(=O)c2ccccc2n(Cc2ccccc2Cl)c1=O. The molecule has 0 bridgehead atoms. The first-order valence-electron chi connectivity index (χ1n) is 10.3. The van der Waals surface area contributed by atoms with Crippen molar-refractivity contribution in [2.45, 2.75) is 45.7 Å². The second kappa shape index (κ2) is 10.3. The summed E-state index contributed by atoms with van der Waals surface area (Å²) in [7, 11) is 0. The van der Waals surface area contributed by atoms with E-state index in [1.807, 2.05) is 31.2 Å². The minimum atomic E-state index is -0.367. The van der Waals surface area contributed by atoms with E-state index in [2.05, 4.69) is 5.32 Å². The van der Waals surface area contributed by atoms with E-state index in [9.17, 15) is 14.4 Å². The number of halogens is 1. The standard InChI is InChI=1S/C23H26ClN3O3/c1-2-14-25-21(28)13-7-8-15-26-22(29)18-10-4-6-12-20(18)27(23(26)30)16-17-9-3-5-11-19(17)24/h3-6,9-12H,2,7-8,13-16H2,1H3,(H,25,28). The Labute approximate surface area is 180 Å². The molecule has 0 aliphatic heterocycles. The van der Waals surface area contributed by atoms with Gasteiger partial charge in [0.05, 0.1) is 17.4 Å². The average molecular weight is 428 g/mol. The summed E-state index contributed by atoms with van der Waals surface area (Å²) in [6.45, 7) is 3.21. The lowest BCUT2D eigenvalue weighted by atomic mass is 10.2. The Morgan fingerprint density at radius 3 is 2.50 bits per heavy atom. The van der Waals surface area contributed by atoms with Gasteiger partial charge in [0.2, 0.25) is 5.91 Å². The zero-order chi connectivity index (χ0) is 21.5. The van der Waals surface area contributed by atoms with E-state index in [0.717, 1.165) is 12.0 Å². The zero-order valence-corrected chi connectivity index (χ0v) is 17.8. The zero-order valence-electron chi connectivity index (χ0n) is 17.1. The summed E-state index contributed by atoms with van der Waals surface area (Å²) in [5, 5.41) is 3.90. The molecule has 30 heavy (non-hydrogen) atoms. The molecule has 1 amide bonds. The number of fused-ring (bicyclic) bond motifs is 1. The number of para-hydroxylation sites is 1. The quantitative estimate of drug-likeness (QED) is 0.530. The smallest absolute Gasteiger partial charge is 0.331 e. The summed E-state index contributed by atoms with van der Waals surface area (Å²) in [4.78, 5) is 37.9. The van der Waals surface area contributed by atoms with Gasteiger partial charge in [0, 0.05) is 24.5 Å². The molecule has 2 aromatic carbocycles. The molecule has 0 saturated carbocycles. The summed E-state index contributed by atoms with van der Waals surface area (Å²) in [5.41, 5.74) is 0.724. The normalized spacial score (nSPS) is 11.0. The molecule has 0 atom stereocenters. The van der Waals surface area contributed by atoms with Crippen molar-refractivity contribution in [1.29, 1.82) is 0 Å². The number of carbonyl (C=O) groups excluding carboxylic acids is 1. The van der Waals surface area contributed by atoms with Gasteiger partial charge in [-0.2, -0.15) is 0 Å². The molecule has 0 fully saturated rings. The second-order valence-electron chi connectivity index (χ2n) is 7.24. The van der Waals surface area contributed by atoms with Crippen LogP contribution in [0.15, 0.2) is 58.1 Å². The fraction of sp³-hybridized carbons (Fsp3) is 0.348. The first-order valence-corrected chi connectivity index (χ1v) is 10.6. The summed E-state index contributed by atoms with van der Waals surface area (Å²) in [6.07, 6.45) is 2.46. The molecule has 7 heteroatoms. The number of carbonyl (C=O) groups is 1. The number of hydrogen-bond acceptors (Lipinski definition) is 3. The first kappa shape index (κ1) is 21.8. The predicted octanol–water partition coefficient (Wildman–Crippen LogP) is 3.56. The molecule has 0 spiro atoms. The number of hydrogen-bond donors (Lipinski definition) is 1. The number of rotatable bonds is 9. The van der Waals surface area contributed by atoms with Gasteiger partial charge in [-0.1, -0.05) is 48.9 Å². The van der Waals surface area contributed by atoms with Crippen LogP contribution in [0, 0.1) is 0 Å². The Bertz CT molecular complexity index is 1150. The van der Waals surface area contributed by atoms with Crippen LogP contribution in [0.5, 0.6) is 0 Å². The summed E-state index contributed by atoms with van der Waals surface area (Å²) >= 11 is 6.30. The maximum atomic E-state index is 13.2. The molecule has 1 N–H and O–H groups in total. The maximum absolute atomic E-state index is 13.2. The largest absolute Gasteiger partial charge is 0.356 e. The van der Waals surface area contributed by atoms with Crippen molar-refractivity contribution in [3.05, 3.63) is 80.0 Å². The molecule has 1 aromatic heterocycles. The van der Waals surface area contributed by atoms with Crippen molar-refractivity contribution in [1.82, 2.24) is 14.5 Å². The molecule has 3 aromatic rings. The van der Waals surface area contributed by atoms with Gasteiger partial charge in [-0.25, -0.2) is 4.79 Å². The van der Waals surface area contributed by atoms with E-state index >= 15 is 0 Å². The van der Waals surface area contributed by atoms with E-state index in [1.54, 1.807) is 28.8 Å². The first-order chi connectivity index (χ1) is 14.5. The highest BCUT2D eigenvalue weighted by atomic mass is 35.5. The lowest BCUT2D eigenvalue weighted by molar-refractivity contribution is -0.121. The van der Waals surface area contributed by atoms with Crippen LogP contribution in [0.4, 0.5) is 0 Å². The Kier molecular flexibility index (Phi) is 7.46. The van der Waals surface area contributed by atoms with Gasteiger partial charge < -0.3 is 5.32 Å². The molecule has 0 saturated heterocycles. The molecular weight excluding hydrogens is 402 g/mol. The summed E-state index contributed by atoms with van der Waals surface area (Å²) in [6, 6.07) is 14.5. The van der Waals surface area contributed by atoms with Crippen LogP contribution in [0.2, 0.25) is 5.02 Å². The molecule has 1 heterocycles. The van der Waals surface area contributed by atoms with Crippen molar-refractivity contribution in [2.24, 2.45) is 0 Å². The van der Waals surface area contributed by atoms with Crippen LogP contribution in [0.1, 0.15) is 38.2 Å². The Hall–Kier alpha value is -2.86. The molecule has 0 radical (unpaired) electrons. The highest BCUT2D eigenvalue weighted by Crippen LogP contribution is 2.17. The number of amides is 1. The van der Waals surface area contributed by atoms with Crippen LogP contribution < -0.4 is 16.6 Å². The molecular formula is C23H26ClN3O3. The number of aromatic nitrogens is 2. The van der Waals surface area contributed by atoms with E-state index in [-0.39, 0.29) is 30.2 Å². The molecule has 6 nitrogen and oxygen atoms in total. The third-order valence-corrected chi connectivity index (χ3v) is 5.39. The summed E-state index contributed by atoms with van der Waals surface area (Å²) < 4.78 is 2.86.